The highest BCUT2D eigenvalue weighted by Crippen LogP contribution is 2.30. The van der Waals surface area contributed by atoms with Crippen LogP contribution in [0.2, 0.25) is 0 Å². The first-order valence-corrected chi connectivity index (χ1v) is 6.37. The van der Waals surface area contributed by atoms with E-state index in [9.17, 15) is 4.79 Å². The van der Waals surface area contributed by atoms with E-state index in [0.717, 1.165) is 38.4 Å². The fourth-order valence-corrected chi connectivity index (χ4v) is 3.46. The molecular formula is C12H20N2O. The van der Waals surface area contributed by atoms with Gasteiger partial charge in [0.2, 0.25) is 5.91 Å². The van der Waals surface area contributed by atoms with Gasteiger partial charge >= 0.3 is 0 Å². The van der Waals surface area contributed by atoms with Crippen molar-refractivity contribution in [3.63, 3.8) is 0 Å². The summed E-state index contributed by atoms with van der Waals surface area (Å²) in [5.74, 6) is 1.56. The Morgan fingerprint density at radius 2 is 1.93 bits per heavy atom. The van der Waals surface area contributed by atoms with Gasteiger partial charge in [0.25, 0.3) is 0 Å². The van der Waals surface area contributed by atoms with Gasteiger partial charge in [0, 0.05) is 25.0 Å². The van der Waals surface area contributed by atoms with E-state index in [-0.39, 0.29) is 0 Å². The number of carbonyl (C=O) groups is 1. The van der Waals surface area contributed by atoms with Crippen molar-refractivity contribution in [3.8, 4) is 0 Å². The zero-order valence-corrected chi connectivity index (χ0v) is 9.24. The third-order valence-corrected chi connectivity index (χ3v) is 4.38. The number of carbonyl (C=O) groups excluding carboxylic acids is 1. The molecule has 84 valence electrons. The molecule has 0 aromatic carbocycles. The van der Waals surface area contributed by atoms with Crippen LogP contribution < -0.4 is 5.32 Å². The SMILES string of the molecule is O=C(C1CCCC1)N1C[C@@H]2CCN[C@@H]2C1. The minimum absolute atomic E-state index is 0.365. The van der Waals surface area contributed by atoms with Crippen molar-refractivity contribution in [2.45, 2.75) is 38.1 Å². The maximum absolute atomic E-state index is 12.2. The lowest BCUT2D eigenvalue weighted by Crippen LogP contribution is -2.36. The zero-order chi connectivity index (χ0) is 10.3. The summed E-state index contributed by atoms with van der Waals surface area (Å²) in [6.45, 7) is 3.15. The molecule has 0 aromatic rings. The second-order valence-electron chi connectivity index (χ2n) is 5.33. The van der Waals surface area contributed by atoms with Crippen LogP contribution in [0.15, 0.2) is 0 Å². The summed E-state index contributed by atoms with van der Waals surface area (Å²) >= 11 is 0. The summed E-state index contributed by atoms with van der Waals surface area (Å²) in [5.41, 5.74) is 0. The van der Waals surface area contributed by atoms with Gasteiger partial charge in [-0.2, -0.15) is 0 Å². The van der Waals surface area contributed by atoms with Gasteiger partial charge < -0.3 is 10.2 Å². The molecule has 0 bridgehead atoms. The second kappa shape index (κ2) is 3.78. The molecule has 2 atom stereocenters. The third kappa shape index (κ3) is 1.67. The summed E-state index contributed by atoms with van der Waals surface area (Å²) in [5, 5.41) is 3.50. The third-order valence-electron chi connectivity index (χ3n) is 4.38. The Labute approximate surface area is 91.2 Å². The molecule has 0 spiro atoms. The lowest BCUT2D eigenvalue weighted by molar-refractivity contribution is -0.134. The molecule has 0 aromatic heterocycles. The summed E-state index contributed by atoms with van der Waals surface area (Å²) in [6.07, 6.45) is 6.06. The van der Waals surface area contributed by atoms with Crippen molar-refractivity contribution in [3.05, 3.63) is 0 Å². The number of fused-ring (bicyclic) bond motifs is 1. The van der Waals surface area contributed by atoms with Gasteiger partial charge in [-0.1, -0.05) is 12.8 Å². The molecule has 1 N–H and O–H groups in total. The molecule has 3 heteroatoms. The topological polar surface area (TPSA) is 32.3 Å². The van der Waals surface area contributed by atoms with Crippen molar-refractivity contribution in [2.24, 2.45) is 11.8 Å². The van der Waals surface area contributed by atoms with E-state index in [1.165, 1.54) is 19.3 Å². The Balaban J connectivity index is 1.61. The first kappa shape index (κ1) is 9.64. The largest absolute Gasteiger partial charge is 0.341 e. The van der Waals surface area contributed by atoms with Crippen LogP contribution in [-0.4, -0.2) is 36.5 Å². The summed E-state index contributed by atoms with van der Waals surface area (Å²) in [4.78, 5) is 14.3. The van der Waals surface area contributed by atoms with Crippen LogP contribution in [0.4, 0.5) is 0 Å². The lowest BCUT2D eigenvalue weighted by Gasteiger charge is -2.21. The molecule has 2 aliphatic heterocycles. The van der Waals surface area contributed by atoms with Crippen molar-refractivity contribution < 1.29 is 4.79 Å². The molecule has 3 nitrogen and oxygen atoms in total. The highest BCUT2D eigenvalue weighted by Gasteiger charge is 2.39. The van der Waals surface area contributed by atoms with E-state index in [1.54, 1.807) is 0 Å². The summed E-state index contributed by atoms with van der Waals surface area (Å²) < 4.78 is 0. The van der Waals surface area contributed by atoms with Crippen LogP contribution in [0.5, 0.6) is 0 Å². The predicted molar refractivity (Wildman–Crippen MR) is 58.4 cm³/mol. The quantitative estimate of drug-likeness (QED) is 0.697. The van der Waals surface area contributed by atoms with Gasteiger partial charge in [-0.25, -0.2) is 0 Å². The Bertz CT molecular complexity index is 248. The maximum atomic E-state index is 12.2. The standard InChI is InChI=1S/C12H20N2O/c15-12(9-3-1-2-4-9)14-7-10-5-6-13-11(10)8-14/h9-11,13H,1-8H2/t10-,11+/m0/s1. The number of nitrogens with zero attached hydrogens (tertiary/aromatic N) is 1. The molecule has 1 aliphatic carbocycles. The molecule has 3 aliphatic rings. The van der Waals surface area contributed by atoms with E-state index in [1.807, 2.05) is 0 Å². The minimum atomic E-state index is 0.365. The van der Waals surface area contributed by atoms with Crippen LogP contribution in [-0.2, 0) is 4.79 Å². The normalized spacial score (nSPS) is 36.1. The Kier molecular flexibility index (Phi) is 2.43. The van der Waals surface area contributed by atoms with E-state index in [4.69, 9.17) is 0 Å². The molecule has 0 unspecified atom stereocenters. The molecule has 3 rings (SSSR count). The Morgan fingerprint density at radius 1 is 1.13 bits per heavy atom. The van der Waals surface area contributed by atoms with Crippen LogP contribution in [0.25, 0.3) is 0 Å². The fourth-order valence-electron chi connectivity index (χ4n) is 3.46. The highest BCUT2D eigenvalue weighted by molar-refractivity contribution is 5.79. The van der Waals surface area contributed by atoms with Crippen molar-refractivity contribution >= 4 is 5.91 Å². The summed E-state index contributed by atoms with van der Waals surface area (Å²) in [7, 11) is 0. The zero-order valence-electron chi connectivity index (χ0n) is 9.24. The highest BCUT2D eigenvalue weighted by atomic mass is 16.2. The van der Waals surface area contributed by atoms with Crippen LogP contribution in [0.3, 0.4) is 0 Å². The molecule has 2 saturated heterocycles. The molecule has 0 radical (unpaired) electrons. The van der Waals surface area contributed by atoms with E-state index < -0.39 is 0 Å². The van der Waals surface area contributed by atoms with Crippen LogP contribution in [0.1, 0.15) is 32.1 Å². The molecule has 15 heavy (non-hydrogen) atoms. The number of rotatable bonds is 1. The van der Waals surface area contributed by atoms with Crippen molar-refractivity contribution in [1.29, 1.82) is 0 Å². The summed E-state index contributed by atoms with van der Waals surface area (Å²) in [6, 6.07) is 0.607. The van der Waals surface area contributed by atoms with Crippen LogP contribution >= 0.6 is 0 Å². The van der Waals surface area contributed by atoms with Crippen molar-refractivity contribution in [2.75, 3.05) is 19.6 Å². The van der Waals surface area contributed by atoms with Gasteiger partial charge in [-0.05, 0) is 31.7 Å². The number of hydrogen-bond donors (Lipinski definition) is 1. The van der Waals surface area contributed by atoms with Gasteiger partial charge in [-0.3, -0.25) is 4.79 Å². The molecular weight excluding hydrogens is 188 g/mol. The van der Waals surface area contributed by atoms with E-state index in [2.05, 4.69) is 10.2 Å². The molecule has 2 heterocycles. The fraction of sp³-hybridized carbons (Fsp3) is 0.917. The Hall–Kier alpha value is -0.570. The first-order chi connectivity index (χ1) is 7.34. The van der Waals surface area contributed by atoms with Gasteiger partial charge in [0.05, 0.1) is 0 Å². The average Bonchev–Trinajstić information content (AvgIpc) is 2.92. The predicted octanol–water partition coefficient (Wildman–Crippen LogP) is 0.997. The molecule has 1 amide bonds. The molecule has 3 fully saturated rings. The lowest BCUT2D eigenvalue weighted by atomic mass is 10.1. The monoisotopic (exact) mass is 208 g/mol. The van der Waals surface area contributed by atoms with E-state index >= 15 is 0 Å². The number of hydrogen-bond acceptors (Lipinski definition) is 2. The smallest absolute Gasteiger partial charge is 0.225 e. The average molecular weight is 208 g/mol. The van der Waals surface area contributed by atoms with Gasteiger partial charge in [0.1, 0.15) is 0 Å². The molecule has 1 saturated carbocycles. The number of amides is 1. The van der Waals surface area contributed by atoms with Gasteiger partial charge in [0.15, 0.2) is 0 Å². The number of likely N-dealkylation sites (tertiary alicyclic amines) is 1. The Morgan fingerprint density at radius 3 is 2.67 bits per heavy atom. The minimum Gasteiger partial charge on any atom is -0.341 e. The van der Waals surface area contributed by atoms with Crippen molar-refractivity contribution in [1.82, 2.24) is 10.2 Å². The maximum Gasteiger partial charge on any atom is 0.225 e. The first-order valence-electron chi connectivity index (χ1n) is 6.37. The number of nitrogens with one attached hydrogen (secondary N) is 1. The second-order valence-corrected chi connectivity index (χ2v) is 5.33. The van der Waals surface area contributed by atoms with Gasteiger partial charge in [-0.15, -0.1) is 0 Å². The van der Waals surface area contributed by atoms with E-state index in [0.29, 0.717) is 17.9 Å². The van der Waals surface area contributed by atoms with Crippen LogP contribution in [0, 0.1) is 11.8 Å².